The molecule has 1 N–H and O–H groups in total. The molecule has 0 saturated carbocycles. The Balaban J connectivity index is 2.04. The Morgan fingerprint density at radius 3 is 2.30 bits per heavy atom. The maximum atomic E-state index is 11.0. The Morgan fingerprint density at radius 2 is 1.61 bits per heavy atom. The van der Waals surface area contributed by atoms with E-state index in [1.54, 1.807) is 13.3 Å². The largest absolute Gasteiger partial charge is 0.497 e. The zero-order chi connectivity index (χ0) is 16.1. The number of aromatic nitrogens is 1. The summed E-state index contributed by atoms with van der Waals surface area (Å²) in [6, 6.07) is 23.2. The number of aliphatic hydroxyl groups is 1. The number of methoxy groups -OCH3 is 1. The molecular formula is C20H19NO2. The van der Waals surface area contributed by atoms with Gasteiger partial charge in [0.25, 0.3) is 0 Å². The summed E-state index contributed by atoms with van der Waals surface area (Å²) in [5.74, 6) is 0.499. The third-order valence-electron chi connectivity index (χ3n) is 3.92. The molecule has 3 heteroatoms. The van der Waals surface area contributed by atoms with Gasteiger partial charge in [0.15, 0.2) is 0 Å². The van der Waals surface area contributed by atoms with Crippen LogP contribution in [-0.2, 0) is 0 Å². The molecule has 2 aromatic carbocycles. The van der Waals surface area contributed by atoms with Crippen molar-refractivity contribution >= 4 is 0 Å². The SMILES string of the molecule is COc1cccc([C@@H](O)[C@H](c2ccccc2)c2ccccn2)c1. The van der Waals surface area contributed by atoms with Crippen LogP contribution in [0.1, 0.15) is 28.8 Å². The minimum absolute atomic E-state index is 0.232. The van der Waals surface area contributed by atoms with E-state index < -0.39 is 6.10 Å². The highest BCUT2D eigenvalue weighted by Gasteiger charge is 2.25. The molecule has 23 heavy (non-hydrogen) atoms. The summed E-state index contributed by atoms with van der Waals surface area (Å²) in [4.78, 5) is 4.45. The normalized spacial score (nSPS) is 13.3. The quantitative estimate of drug-likeness (QED) is 0.776. The number of hydrogen-bond acceptors (Lipinski definition) is 3. The van der Waals surface area contributed by atoms with E-state index in [1.807, 2.05) is 72.8 Å². The summed E-state index contributed by atoms with van der Waals surface area (Å²) in [5, 5.41) is 11.0. The second-order valence-corrected chi connectivity index (χ2v) is 5.36. The lowest BCUT2D eigenvalue weighted by Gasteiger charge is -2.23. The fourth-order valence-electron chi connectivity index (χ4n) is 2.75. The first-order chi connectivity index (χ1) is 11.3. The van der Waals surface area contributed by atoms with Crippen molar-refractivity contribution in [3.63, 3.8) is 0 Å². The van der Waals surface area contributed by atoms with E-state index in [0.29, 0.717) is 0 Å². The van der Waals surface area contributed by atoms with Crippen LogP contribution < -0.4 is 4.74 Å². The maximum Gasteiger partial charge on any atom is 0.119 e. The van der Waals surface area contributed by atoms with Crippen LogP contribution in [0.15, 0.2) is 79.0 Å². The molecule has 3 aromatic rings. The number of ether oxygens (including phenoxy) is 1. The first-order valence-corrected chi connectivity index (χ1v) is 7.57. The van der Waals surface area contributed by atoms with Gasteiger partial charge in [-0.25, -0.2) is 0 Å². The average molecular weight is 305 g/mol. The van der Waals surface area contributed by atoms with Crippen LogP contribution in [0.4, 0.5) is 0 Å². The molecule has 1 heterocycles. The summed E-state index contributed by atoms with van der Waals surface area (Å²) >= 11 is 0. The van der Waals surface area contributed by atoms with Crippen molar-refractivity contribution in [2.75, 3.05) is 7.11 Å². The van der Waals surface area contributed by atoms with Crippen molar-refractivity contribution in [2.45, 2.75) is 12.0 Å². The van der Waals surface area contributed by atoms with Gasteiger partial charge in [-0.2, -0.15) is 0 Å². The fraction of sp³-hybridized carbons (Fsp3) is 0.150. The molecular weight excluding hydrogens is 286 g/mol. The zero-order valence-electron chi connectivity index (χ0n) is 13.0. The first kappa shape index (κ1) is 15.3. The molecule has 1 aromatic heterocycles. The molecule has 0 bridgehead atoms. The molecule has 0 aliphatic carbocycles. The van der Waals surface area contributed by atoms with Gasteiger partial charge in [-0.05, 0) is 35.4 Å². The standard InChI is InChI=1S/C20H19NO2/c1-23-17-11-7-10-16(14-17)20(22)19(15-8-3-2-4-9-15)18-12-5-6-13-21-18/h2-14,19-20,22H,1H3/t19-,20-/m1/s1. The molecule has 0 spiro atoms. The van der Waals surface area contributed by atoms with Crippen molar-refractivity contribution in [2.24, 2.45) is 0 Å². The summed E-state index contributed by atoms with van der Waals surface area (Å²) in [7, 11) is 1.62. The lowest BCUT2D eigenvalue weighted by atomic mass is 9.86. The minimum Gasteiger partial charge on any atom is -0.497 e. The Kier molecular flexibility index (Phi) is 4.69. The second-order valence-electron chi connectivity index (χ2n) is 5.36. The van der Waals surface area contributed by atoms with Crippen molar-refractivity contribution in [3.8, 4) is 5.75 Å². The van der Waals surface area contributed by atoms with E-state index in [0.717, 1.165) is 22.6 Å². The van der Waals surface area contributed by atoms with E-state index in [9.17, 15) is 5.11 Å². The predicted octanol–water partition coefficient (Wildman–Crippen LogP) is 3.96. The topological polar surface area (TPSA) is 42.4 Å². The molecule has 0 saturated heterocycles. The predicted molar refractivity (Wildman–Crippen MR) is 90.5 cm³/mol. The zero-order valence-corrected chi connectivity index (χ0v) is 13.0. The summed E-state index contributed by atoms with van der Waals surface area (Å²) in [6.45, 7) is 0. The van der Waals surface area contributed by atoms with Crippen molar-refractivity contribution in [1.29, 1.82) is 0 Å². The molecule has 0 amide bonds. The lowest BCUT2D eigenvalue weighted by Crippen LogP contribution is -2.14. The molecule has 0 fully saturated rings. The Morgan fingerprint density at radius 1 is 0.870 bits per heavy atom. The van der Waals surface area contributed by atoms with Gasteiger partial charge >= 0.3 is 0 Å². The number of rotatable bonds is 5. The number of nitrogens with zero attached hydrogens (tertiary/aromatic N) is 1. The Bertz CT molecular complexity index is 704. The molecule has 0 unspecified atom stereocenters. The van der Waals surface area contributed by atoms with Gasteiger partial charge in [0.1, 0.15) is 5.75 Å². The second kappa shape index (κ2) is 7.07. The summed E-state index contributed by atoms with van der Waals surface area (Å²) < 4.78 is 5.27. The monoisotopic (exact) mass is 305 g/mol. The number of pyridine rings is 1. The third kappa shape index (κ3) is 3.41. The van der Waals surface area contributed by atoms with E-state index in [1.165, 1.54) is 0 Å². The molecule has 3 nitrogen and oxygen atoms in total. The molecule has 116 valence electrons. The van der Waals surface area contributed by atoms with Gasteiger partial charge in [-0.3, -0.25) is 4.98 Å². The van der Waals surface area contributed by atoms with Gasteiger partial charge in [-0.15, -0.1) is 0 Å². The first-order valence-electron chi connectivity index (χ1n) is 7.57. The van der Waals surface area contributed by atoms with Crippen LogP contribution in [-0.4, -0.2) is 17.2 Å². The highest BCUT2D eigenvalue weighted by atomic mass is 16.5. The van der Waals surface area contributed by atoms with Crippen LogP contribution in [0.5, 0.6) is 5.75 Å². The van der Waals surface area contributed by atoms with Crippen molar-refractivity contribution in [3.05, 3.63) is 95.8 Å². The molecule has 3 rings (SSSR count). The highest BCUT2D eigenvalue weighted by molar-refractivity contribution is 5.36. The maximum absolute atomic E-state index is 11.0. The minimum atomic E-state index is -0.706. The fourth-order valence-corrected chi connectivity index (χ4v) is 2.75. The van der Waals surface area contributed by atoms with Gasteiger partial charge in [0.2, 0.25) is 0 Å². The molecule has 0 aliphatic rings. The van der Waals surface area contributed by atoms with E-state index in [-0.39, 0.29) is 5.92 Å². The van der Waals surface area contributed by atoms with E-state index in [4.69, 9.17) is 4.74 Å². The Hall–Kier alpha value is -2.65. The average Bonchev–Trinajstić information content (AvgIpc) is 2.64. The van der Waals surface area contributed by atoms with Crippen LogP contribution in [0.25, 0.3) is 0 Å². The highest BCUT2D eigenvalue weighted by Crippen LogP contribution is 2.36. The molecule has 2 atom stereocenters. The van der Waals surface area contributed by atoms with Gasteiger partial charge in [0, 0.05) is 6.20 Å². The van der Waals surface area contributed by atoms with Crippen LogP contribution in [0.2, 0.25) is 0 Å². The molecule has 0 radical (unpaired) electrons. The smallest absolute Gasteiger partial charge is 0.119 e. The third-order valence-corrected chi connectivity index (χ3v) is 3.92. The van der Waals surface area contributed by atoms with Crippen LogP contribution in [0.3, 0.4) is 0 Å². The number of aliphatic hydroxyl groups excluding tert-OH is 1. The molecule has 0 aliphatic heterocycles. The van der Waals surface area contributed by atoms with Crippen molar-refractivity contribution in [1.82, 2.24) is 4.98 Å². The lowest BCUT2D eigenvalue weighted by molar-refractivity contribution is 0.157. The number of hydrogen-bond donors (Lipinski definition) is 1. The van der Waals surface area contributed by atoms with Crippen LogP contribution >= 0.6 is 0 Å². The number of benzene rings is 2. The Labute approximate surface area is 136 Å². The summed E-state index contributed by atoms with van der Waals surface area (Å²) in [6.07, 6.45) is 1.05. The van der Waals surface area contributed by atoms with Gasteiger partial charge in [-0.1, -0.05) is 48.5 Å². The van der Waals surface area contributed by atoms with Crippen LogP contribution in [0, 0.1) is 0 Å². The van der Waals surface area contributed by atoms with Crippen molar-refractivity contribution < 1.29 is 9.84 Å². The summed E-state index contributed by atoms with van der Waals surface area (Å²) in [5.41, 5.74) is 2.68. The van der Waals surface area contributed by atoms with E-state index >= 15 is 0 Å². The van der Waals surface area contributed by atoms with Gasteiger partial charge < -0.3 is 9.84 Å². The van der Waals surface area contributed by atoms with Gasteiger partial charge in [0.05, 0.1) is 24.8 Å². The van der Waals surface area contributed by atoms with E-state index in [2.05, 4.69) is 4.98 Å².